The first-order chi connectivity index (χ1) is 12.6. The maximum absolute atomic E-state index is 13.0. The Kier molecular flexibility index (Phi) is 6.24. The molecule has 0 fully saturated rings. The van der Waals surface area contributed by atoms with Crippen molar-refractivity contribution in [2.24, 2.45) is 5.92 Å². The normalized spacial score (nSPS) is 11.2. The summed E-state index contributed by atoms with van der Waals surface area (Å²) in [5, 5.41) is 5.89. The minimum atomic E-state index is -0.205. The smallest absolute Gasteiger partial charge is 0.124 e. The van der Waals surface area contributed by atoms with Crippen molar-refractivity contribution in [3.8, 4) is 5.75 Å². The lowest BCUT2D eigenvalue weighted by Crippen LogP contribution is -2.14. The zero-order valence-electron chi connectivity index (χ0n) is 15.5. The standard InChI is InChI=1S/C23H26FNO/c1-17(2)13-14-26-23-12-9-19-5-3-4-6-21(19)22(23)16-25-15-18-7-10-20(24)11-8-18/h3-12,17,25H,13-16H2,1-2H3. The molecule has 3 aromatic rings. The molecule has 3 heteroatoms. The molecule has 0 aromatic heterocycles. The molecule has 0 aliphatic rings. The molecular weight excluding hydrogens is 325 g/mol. The van der Waals surface area contributed by atoms with Crippen LogP contribution in [0, 0.1) is 11.7 Å². The summed E-state index contributed by atoms with van der Waals surface area (Å²) in [5.74, 6) is 1.36. The quantitative estimate of drug-likeness (QED) is 0.562. The van der Waals surface area contributed by atoms with Crippen molar-refractivity contribution in [1.82, 2.24) is 5.32 Å². The van der Waals surface area contributed by atoms with Gasteiger partial charge in [-0.3, -0.25) is 0 Å². The van der Waals surface area contributed by atoms with Crippen LogP contribution in [0.25, 0.3) is 10.8 Å². The van der Waals surface area contributed by atoms with E-state index in [1.165, 1.54) is 28.5 Å². The monoisotopic (exact) mass is 351 g/mol. The second-order valence-electron chi connectivity index (χ2n) is 7.02. The molecule has 0 bridgehead atoms. The van der Waals surface area contributed by atoms with Gasteiger partial charge >= 0.3 is 0 Å². The Morgan fingerprint density at radius 3 is 2.46 bits per heavy atom. The summed E-state index contributed by atoms with van der Waals surface area (Å²) in [4.78, 5) is 0. The highest BCUT2D eigenvalue weighted by molar-refractivity contribution is 5.87. The first kappa shape index (κ1) is 18.4. The summed E-state index contributed by atoms with van der Waals surface area (Å²) in [7, 11) is 0. The summed E-state index contributed by atoms with van der Waals surface area (Å²) < 4.78 is 19.1. The topological polar surface area (TPSA) is 21.3 Å². The van der Waals surface area contributed by atoms with E-state index in [4.69, 9.17) is 4.74 Å². The van der Waals surface area contributed by atoms with Crippen LogP contribution in [0.2, 0.25) is 0 Å². The number of hydrogen-bond acceptors (Lipinski definition) is 2. The van der Waals surface area contributed by atoms with Crippen molar-refractivity contribution < 1.29 is 9.13 Å². The predicted octanol–water partition coefficient (Wildman–Crippen LogP) is 5.69. The zero-order chi connectivity index (χ0) is 18.4. The number of nitrogens with one attached hydrogen (secondary N) is 1. The lowest BCUT2D eigenvalue weighted by atomic mass is 10.0. The van der Waals surface area contributed by atoms with Gasteiger partial charge in [0.05, 0.1) is 6.61 Å². The molecule has 0 aliphatic heterocycles. The molecule has 0 amide bonds. The first-order valence-corrected chi connectivity index (χ1v) is 9.22. The lowest BCUT2D eigenvalue weighted by molar-refractivity contribution is 0.286. The molecule has 3 rings (SSSR count). The van der Waals surface area contributed by atoms with E-state index in [0.717, 1.165) is 24.3 Å². The molecule has 0 saturated carbocycles. The highest BCUT2D eigenvalue weighted by atomic mass is 19.1. The van der Waals surface area contributed by atoms with Gasteiger partial charge in [-0.05, 0) is 46.9 Å². The zero-order valence-corrected chi connectivity index (χ0v) is 15.5. The fourth-order valence-corrected chi connectivity index (χ4v) is 2.97. The third-order valence-corrected chi connectivity index (χ3v) is 4.49. The largest absolute Gasteiger partial charge is 0.493 e. The molecule has 0 heterocycles. The summed E-state index contributed by atoms with van der Waals surface area (Å²) in [6.45, 7) is 6.52. The molecule has 0 unspecified atom stereocenters. The van der Waals surface area contributed by atoms with Gasteiger partial charge in [0.15, 0.2) is 0 Å². The average Bonchev–Trinajstić information content (AvgIpc) is 2.64. The van der Waals surface area contributed by atoms with Crippen LogP contribution in [-0.4, -0.2) is 6.61 Å². The lowest BCUT2D eigenvalue weighted by Gasteiger charge is -2.16. The first-order valence-electron chi connectivity index (χ1n) is 9.22. The Labute approximate surface area is 155 Å². The molecular formula is C23H26FNO. The number of benzene rings is 3. The Morgan fingerprint density at radius 1 is 0.923 bits per heavy atom. The molecule has 0 radical (unpaired) electrons. The fourth-order valence-electron chi connectivity index (χ4n) is 2.97. The maximum Gasteiger partial charge on any atom is 0.124 e. The van der Waals surface area contributed by atoms with Crippen LogP contribution in [-0.2, 0) is 13.1 Å². The minimum absolute atomic E-state index is 0.205. The molecule has 136 valence electrons. The molecule has 0 atom stereocenters. The van der Waals surface area contributed by atoms with Crippen LogP contribution in [0.5, 0.6) is 5.75 Å². The number of fused-ring (bicyclic) bond motifs is 1. The Balaban J connectivity index is 1.75. The molecule has 0 spiro atoms. The van der Waals surface area contributed by atoms with Gasteiger partial charge in [-0.2, -0.15) is 0 Å². The fraction of sp³-hybridized carbons (Fsp3) is 0.304. The van der Waals surface area contributed by atoms with E-state index in [1.807, 2.05) is 12.1 Å². The van der Waals surface area contributed by atoms with Crippen LogP contribution in [0.1, 0.15) is 31.4 Å². The summed E-state index contributed by atoms with van der Waals surface area (Å²) in [6, 6.07) is 19.2. The Hall–Kier alpha value is -2.39. The maximum atomic E-state index is 13.0. The van der Waals surface area contributed by atoms with Crippen molar-refractivity contribution in [2.75, 3.05) is 6.61 Å². The van der Waals surface area contributed by atoms with E-state index in [9.17, 15) is 4.39 Å². The third-order valence-electron chi connectivity index (χ3n) is 4.49. The number of ether oxygens (including phenoxy) is 1. The van der Waals surface area contributed by atoms with E-state index < -0.39 is 0 Å². The van der Waals surface area contributed by atoms with Gasteiger partial charge in [0, 0.05) is 18.7 Å². The van der Waals surface area contributed by atoms with Crippen molar-refractivity contribution >= 4 is 10.8 Å². The van der Waals surface area contributed by atoms with Gasteiger partial charge in [0.1, 0.15) is 11.6 Å². The summed E-state index contributed by atoms with van der Waals surface area (Å²) >= 11 is 0. The molecule has 0 saturated heterocycles. The number of rotatable bonds is 8. The van der Waals surface area contributed by atoms with E-state index in [1.54, 1.807) is 0 Å². The van der Waals surface area contributed by atoms with Gasteiger partial charge in [0.2, 0.25) is 0 Å². The van der Waals surface area contributed by atoms with Gasteiger partial charge < -0.3 is 10.1 Å². The van der Waals surface area contributed by atoms with Crippen molar-refractivity contribution in [3.05, 3.63) is 77.6 Å². The number of hydrogen-bond donors (Lipinski definition) is 1. The Morgan fingerprint density at radius 2 is 1.69 bits per heavy atom. The van der Waals surface area contributed by atoms with Crippen LogP contribution in [0.4, 0.5) is 4.39 Å². The van der Waals surface area contributed by atoms with Gasteiger partial charge in [-0.15, -0.1) is 0 Å². The highest BCUT2D eigenvalue weighted by Gasteiger charge is 2.09. The number of halogens is 1. The van der Waals surface area contributed by atoms with Crippen LogP contribution in [0.3, 0.4) is 0 Å². The predicted molar refractivity (Wildman–Crippen MR) is 106 cm³/mol. The van der Waals surface area contributed by atoms with Gasteiger partial charge in [0.25, 0.3) is 0 Å². The second kappa shape index (κ2) is 8.81. The van der Waals surface area contributed by atoms with Gasteiger partial charge in [-0.1, -0.05) is 56.3 Å². The molecule has 2 nitrogen and oxygen atoms in total. The van der Waals surface area contributed by atoms with E-state index in [-0.39, 0.29) is 5.82 Å². The Bertz CT molecular complexity index is 842. The van der Waals surface area contributed by atoms with Crippen LogP contribution >= 0.6 is 0 Å². The van der Waals surface area contributed by atoms with Crippen molar-refractivity contribution in [3.63, 3.8) is 0 Å². The molecule has 3 aromatic carbocycles. The van der Waals surface area contributed by atoms with Crippen molar-refractivity contribution in [2.45, 2.75) is 33.4 Å². The van der Waals surface area contributed by atoms with Crippen molar-refractivity contribution in [1.29, 1.82) is 0 Å². The molecule has 0 aliphatic carbocycles. The van der Waals surface area contributed by atoms with E-state index >= 15 is 0 Å². The SMILES string of the molecule is CC(C)CCOc1ccc2ccccc2c1CNCc1ccc(F)cc1. The van der Waals surface area contributed by atoms with E-state index in [0.29, 0.717) is 19.0 Å². The second-order valence-corrected chi connectivity index (χ2v) is 7.02. The molecule has 1 N–H and O–H groups in total. The van der Waals surface area contributed by atoms with E-state index in [2.05, 4.69) is 55.6 Å². The van der Waals surface area contributed by atoms with Crippen LogP contribution in [0.15, 0.2) is 60.7 Å². The van der Waals surface area contributed by atoms with Crippen LogP contribution < -0.4 is 10.1 Å². The third kappa shape index (κ3) is 4.83. The summed E-state index contributed by atoms with van der Waals surface area (Å²) in [6.07, 6.45) is 1.04. The summed E-state index contributed by atoms with van der Waals surface area (Å²) in [5.41, 5.74) is 2.24. The average molecular weight is 351 g/mol. The molecule has 26 heavy (non-hydrogen) atoms. The minimum Gasteiger partial charge on any atom is -0.493 e. The van der Waals surface area contributed by atoms with Gasteiger partial charge in [-0.25, -0.2) is 4.39 Å². The highest BCUT2D eigenvalue weighted by Crippen LogP contribution is 2.28.